The monoisotopic (exact) mass is 272 g/mol. The molecular weight excluding hydrogens is 260 g/mol. The summed E-state index contributed by atoms with van der Waals surface area (Å²) in [5, 5.41) is 11.6. The smallest absolute Gasteiger partial charge is 0.253 e. The molecule has 0 radical (unpaired) electrons. The van der Waals surface area contributed by atoms with Gasteiger partial charge in [-0.2, -0.15) is 0 Å². The molecule has 1 atom stereocenters. The Labute approximate surface area is 96.6 Å². The summed E-state index contributed by atoms with van der Waals surface area (Å²) in [6.07, 6.45) is -0.567. The van der Waals surface area contributed by atoms with Crippen molar-refractivity contribution in [2.75, 3.05) is 12.3 Å². The van der Waals surface area contributed by atoms with Gasteiger partial charge in [-0.05, 0) is 25.1 Å². The topological polar surface area (TPSA) is 75.3 Å². The molecule has 1 amide bonds. The van der Waals surface area contributed by atoms with Gasteiger partial charge in [-0.1, -0.05) is 15.9 Å². The summed E-state index contributed by atoms with van der Waals surface area (Å²) >= 11 is 3.26. The van der Waals surface area contributed by atoms with Gasteiger partial charge < -0.3 is 16.2 Å². The van der Waals surface area contributed by atoms with E-state index in [0.717, 1.165) is 4.47 Å². The molecule has 0 bridgehead atoms. The SMILES string of the molecule is C[C@H](O)CNC(=O)c1cc(Br)ccc1N. The number of anilines is 1. The van der Waals surface area contributed by atoms with E-state index in [2.05, 4.69) is 21.2 Å². The number of rotatable bonds is 3. The number of aliphatic hydroxyl groups excluding tert-OH is 1. The quantitative estimate of drug-likeness (QED) is 0.723. The third kappa shape index (κ3) is 3.53. The van der Waals surface area contributed by atoms with E-state index in [1.54, 1.807) is 25.1 Å². The number of carbonyl (C=O) groups excluding carboxylic acids is 1. The van der Waals surface area contributed by atoms with Crippen molar-refractivity contribution in [3.05, 3.63) is 28.2 Å². The maximum atomic E-state index is 11.6. The minimum Gasteiger partial charge on any atom is -0.398 e. The molecule has 82 valence electrons. The standard InChI is InChI=1S/C10H13BrN2O2/c1-6(14)5-13-10(15)8-4-7(11)2-3-9(8)12/h2-4,6,14H,5,12H2,1H3,(H,13,15)/t6-/m0/s1. The fourth-order valence-corrected chi connectivity index (χ4v) is 1.42. The molecule has 0 aliphatic rings. The molecule has 0 heterocycles. The van der Waals surface area contributed by atoms with E-state index in [4.69, 9.17) is 10.8 Å². The van der Waals surface area contributed by atoms with Crippen LogP contribution in [0.3, 0.4) is 0 Å². The largest absolute Gasteiger partial charge is 0.398 e. The molecule has 0 aromatic heterocycles. The van der Waals surface area contributed by atoms with Crippen LogP contribution in [0.4, 0.5) is 5.69 Å². The van der Waals surface area contributed by atoms with Crippen molar-refractivity contribution < 1.29 is 9.90 Å². The maximum Gasteiger partial charge on any atom is 0.253 e. The van der Waals surface area contributed by atoms with Gasteiger partial charge >= 0.3 is 0 Å². The second kappa shape index (κ2) is 5.14. The fourth-order valence-electron chi connectivity index (χ4n) is 1.06. The van der Waals surface area contributed by atoms with E-state index in [9.17, 15) is 4.79 Å². The molecule has 0 aliphatic carbocycles. The number of aliphatic hydroxyl groups is 1. The van der Waals surface area contributed by atoms with Crippen LogP contribution in [0.25, 0.3) is 0 Å². The second-order valence-corrected chi connectivity index (χ2v) is 4.21. The first-order chi connectivity index (χ1) is 7.00. The molecule has 1 aromatic carbocycles. The van der Waals surface area contributed by atoms with Crippen LogP contribution >= 0.6 is 15.9 Å². The summed E-state index contributed by atoms with van der Waals surface area (Å²) < 4.78 is 0.791. The Morgan fingerprint density at radius 3 is 2.93 bits per heavy atom. The van der Waals surface area contributed by atoms with Gasteiger partial charge in [0.25, 0.3) is 5.91 Å². The first-order valence-corrected chi connectivity index (χ1v) is 5.31. The zero-order valence-electron chi connectivity index (χ0n) is 8.33. The van der Waals surface area contributed by atoms with E-state index >= 15 is 0 Å². The van der Waals surface area contributed by atoms with Crippen LogP contribution in [0.2, 0.25) is 0 Å². The maximum absolute atomic E-state index is 11.6. The number of hydrogen-bond acceptors (Lipinski definition) is 3. The minimum absolute atomic E-state index is 0.213. The van der Waals surface area contributed by atoms with Crippen molar-refractivity contribution in [1.82, 2.24) is 5.32 Å². The van der Waals surface area contributed by atoms with Crippen LogP contribution in [0.5, 0.6) is 0 Å². The number of carbonyl (C=O) groups is 1. The summed E-state index contributed by atoms with van der Waals surface area (Å²) in [5.74, 6) is -0.283. The normalized spacial score (nSPS) is 12.2. The third-order valence-corrected chi connectivity index (χ3v) is 2.31. The number of benzene rings is 1. The number of nitrogen functional groups attached to an aromatic ring is 1. The Bertz CT molecular complexity index is 366. The van der Waals surface area contributed by atoms with Gasteiger partial charge in [0.1, 0.15) is 0 Å². The lowest BCUT2D eigenvalue weighted by Gasteiger charge is -2.09. The summed E-state index contributed by atoms with van der Waals surface area (Å²) in [6, 6.07) is 5.06. The molecule has 4 N–H and O–H groups in total. The average molecular weight is 273 g/mol. The van der Waals surface area contributed by atoms with Crippen LogP contribution in [0, 0.1) is 0 Å². The molecule has 0 unspecified atom stereocenters. The Kier molecular flexibility index (Phi) is 4.11. The Balaban J connectivity index is 2.77. The third-order valence-electron chi connectivity index (χ3n) is 1.82. The summed E-state index contributed by atoms with van der Waals surface area (Å²) in [5.41, 5.74) is 6.48. The molecule has 0 fully saturated rings. The van der Waals surface area contributed by atoms with Crippen molar-refractivity contribution in [1.29, 1.82) is 0 Å². The van der Waals surface area contributed by atoms with E-state index in [1.165, 1.54) is 0 Å². The molecule has 15 heavy (non-hydrogen) atoms. The van der Waals surface area contributed by atoms with E-state index in [-0.39, 0.29) is 12.5 Å². The number of hydrogen-bond donors (Lipinski definition) is 3. The lowest BCUT2D eigenvalue weighted by molar-refractivity contribution is 0.0925. The van der Waals surface area contributed by atoms with Crippen molar-refractivity contribution in [2.24, 2.45) is 0 Å². The predicted molar refractivity (Wildman–Crippen MR) is 62.6 cm³/mol. The van der Waals surface area contributed by atoms with Gasteiger partial charge in [0.05, 0.1) is 11.7 Å². The van der Waals surface area contributed by atoms with Gasteiger partial charge in [-0.3, -0.25) is 4.79 Å². The van der Waals surface area contributed by atoms with Crippen LogP contribution in [0.1, 0.15) is 17.3 Å². The van der Waals surface area contributed by atoms with Gasteiger partial charge in [-0.15, -0.1) is 0 Å². The molecule has 0 saturated heterocycles. The van der Waals surface area contributed by atoms with E-state index in [1.807, 2.05) is 0 Å². The fraction of sp³-hybridized carbons (Fsp3) is 0.300. The van der Waals surface area contributed by atoms with E-state index in [0.29, 0.717) is 11.3 Å². The van der Waals surface area contributed by atoms with Gasteiger partial charge in [-0.25, -0.2) is 0 Å². The minimum atomic E-state index is -0.567. The number of halogens is 1. The molecule has 1 rings (SSSR count). The molecule has 1 aromatic rings. The number of amides is 1. The van der Waals surface area contributed by atoms with Crippen molar-refractivity contribution >= 4 is 27.5 Å². The highest BCUT2D eigenvalue weighted by atomic mass is 79.9. The summed E-state index contributed by atoms with van der Waals surface area (Å²) in [7, 11) is 0. The lowest BCUT2D eigenvalue weighted by Crippen LogP contribution is -2.31. The van der Waals surface area contributed by atoms with E-state index < -0.39 is 6.10 Å². The van der Waals surface area contributed by atoms with Crippen molar-refractivity contribution in [3.63, 3.8) is 0 Å². The molecule has 0 spiro atoms. The van der Waals surface area contributed by atoms with Crippen molar-refractivity contribution in [3.8, 4) is 0 Å². The first kappa shape index (κ1) is 12.0. The Morgan fingerprint density at radius 2 is 2.33 bits per heavy atom. The van der Waals surface area contributed by atoms with Crippen LogP contribution in [-0.4, -0.2) is 23.7 Å². The van der Waals surface area contributed by atoms with Gasteiger partial charge in [0, 0.05) is 16.7 Å². The number of nitrogens with one attached hydrogen (secondary N) is 1. The van der Waals surface area contributed by atoms with Crippen molar-refractivity contribution in [2.45, 2.75) is 13.0 Å². The van der Waals surface area contributed by atoms with Crippen LogP contribution in [0.15, 0.2) is 22.7 Å². The highest BCUT2D eigenvalue weighted by Gasteiger charge is 2.10. The zero-order chi connectivity index (χ0) is 11.4. The average Bonchev–Trinajstić information content (AvgIpc) is 2.18. The highest BCUT2D eigenvalue weighted by Crippen LogP contribution is 2.18. The predicted octanol–water partition coefficient (Wildman–Crippen LogP) is 1.14. The molecule has 5 heteroatoms. The lowest BCUT2D eigenvalue weighted by atomic mass is 10.1. The molecular formula is C10H13BrN2O2. The van der Waals surface area contributed by atoms with Crippen LogP contribution < -0.4 is 11.1 Å². The van der Waals surface area contributed by atoms with Crippen LogP contribution in [-0.2, 0) is 0 Å². The zero-order valence-corrected chi connectivity index (χ0v) is 9.91. The summed E-state index contributed by atoms with van der Waals surface area (Å²) in [4.78, 5) is 11.6. The molecule has 0 saturated carbocycles. The highest BCUT2D eigenvalue weighted by molar-refractivity contribution is 9.10. The second-order valence-electron chi connectivity index (χ2n) is 3.29. The molecule has 0 aliphatic heterocycles. The Morgan fingerprint density at radius 1 is 1.67 bits per heavy atom. The summed E-state index contributed by atoms with van der Waals surface area (Å²) in [6.45, 7) is 1.81. The molecule has 4 nitrogen and oxygen atoms in total. The van der Waals surface area contributed by atoms with Gasteiger partial charge in [0.15, 0.2) is 0 Å². The number of nitrogens with two attached hydrogens (primary N) is 1. The Hall–Kier alpha value is -1.07. The van der Waals surface area contributed by atoms with Gasteiger partial charge in [0.2, 0.25) is 0 Å². The first-order valence-electron chi connectivity index (χ1n) is 4.52.